The zero-order valence-electron chi connectivity index (χ0n) is 14.6. The molecule has 0 amide bonds. The number of carbonyl (C=O) groups is 1. The molecule has 2 atom stereocenters. The Balaban J connectivity index is 1.80. The van der Waals surface area contributed by atoms with Crippen molar-refractivity contribution in [2.24, 2.45) is 17.3 Å². The number of ether oxygens (including phenoxy) is 1. The van der Waals surface area contributed by atoms with Gasteiger partial charge in [0.2, 0.25) is 0 Å². The lowest BCUT2D eigenvalue weighted by Crippen LogP contribution is -2.04. The van der Waals surface area contributed by atoms with E-state index in [0.29, 0.717) is 12.2 Å². The first-order valence-corrected chi connectivity index (χ1v) is 9.15. The second kappa shape index (κ2) is 7.34. The zero-order valence-corrected chi connectivity index (χ0v) is 16.1. The van der Waals surface area contributed by atoms with Gasteiger partial charge in [-0.2, -0.15) is 0 Å². The van der Waals surface area contributed by atoms with Crippen LogP contribution in [-0.4, -0.2) is 11.1 Å². The summed E-state index contributed by atoms with van der Waals surface area (Å²) in [5.74, 6) is 0.0272. The molecule has 136 valence electrons. The van der Waals surface area contributed by atoms with Gasteiger partial charge in [0.15, 0.2) is 0 Å². The van der Waals surface area contributed by atoms with E-state index in [9.17, 15) is 9.90 Å². The third-order valence-corrected chi connectivity index (χ3v) is 5.47. The number of aliphatic carboxylic acids is 1. The van der Waals surface area contributed by atoms with Gasteiger partial charge in [-0.25, -0.2) is 0 Å². The minimum Gasteiger partial charge on any atom is -0.481 e. The van der Waals surface area contributed by atoms with Crippen molar-refractivity contribution in [2.75, 3.05) is 0 Å². The molecule has 3 rings (SSSR count). The summed E-state index contributed by atoms with van der Waals surface area (Å²) in [6.07, 6.45) is 0.492. The molecule has 0 spiro atoms. The molecule has 0 bridgehead atoms. The Morgan fingerprint density at radius 3 is 2.27 bits per heavy atom. The molecule has 2 aromatic carbocycles. The topological polar surface area (TPSA) is 46.5 Å². The van der Waals surface area contributed by atoms with Crippen LogP contribution in [-0.2, 0) is 11.2 Å². The van der Waals surface area contributed by atoms with Crippen LogP contribution in [0.4, 0.5) is 0 Å². The molecule has 0 radical (unpaired) electrons. The normalized spacial score (nSPS) is 20.3. The summed E-state index contributed by atoms with van der Waals surface area (Å²) in [6.45, 7) is 3.87. The Hall–Kier alpha value is -1.97. The van der Waals surface area contributed by atoms with Crippen LogP contribution in [0.1, 0.15) is 19.4 Å². The third-order valence-electron chi connectivity index (χ3n) is 4.98. The van der Waals surface area contributed by atoms with E-state index in [0.717, 1.165) is 16.9 Å². The predicted molar refractivity (Wildman–Crippen MR) is 104 cm³/mol. The van der Waals surface area contributed by atoms with Gasteiger partial charge in [-0.15, -0.1) is 0 Å². The summed E-state index contributed by atoms with van der Waals surface area (Å²) in [5, 5.41) is 9.44. The van der Waals surface area contributed by atoms with Crippen LogP contribution in [0.15, 0.2) is 64.7 Å². The first kappa shape index (κ1) is 18.8. The second-order valence-electron chi connectivity index (χ2n) is 7.14. The van der Waals surface area contributed by atoms with Gasteiger partial charge in [0.1, 0.15) is 16.0 Å². The molecule has 3 nitrogen and oxygen atoms in total. The number of carboxylic acids is 1. The molecule has 1 aliphatic carbocycles. The molecule has 0 heterocycles. The second-order valence-corrected chi connectivity index (χ2v) is 8.09. The molecule has 0 aromatic heterocycles. The van der Waals surface area contributed by atoms with Gasteiger partial charge in [0, 0.05) is 5.92 Å². The lowest BCUT2D eigenvalue weighted by atomic mass is 9.98. The minimum atomic E-state index is -0.812. The molecule has 1 aliphatic rings. The molecule has 0 saturated heterocycles. The van der Waals surface area contributed by atoms with Gasteiger partial charge in [0.05, 0.1) is 5.92 Å². The first-order chi connectivity index (χ1) is 12.3. The van der Waals surface area contributed by atoms with E-state index in [4.69, 9.17) is 27.9 Å². The number of para-hydroxylation sites is 1. The van der Waals surface area contributed by atoms with E-state index in [1.807, 2.05) is 68.4 Å². The smallest absolute Gasteiger partial charge is 0.307 e. The van der Waals surface area contributed by atoms with Crippen LogP contribution in [0.3, 0.4) is 0 Å². The molecule has 2 unspecified atom stereocenters. The highest BCUT2D eigenvalue weighted by Gasteiger charge is 2.63. The maximum Gasteiger partial charge on any atom is 0.307 e. The van der Waals surface area contributed by atoms with Crippen LogP contribution in [0.5, 0.6) is 11.5 Å². The highest BCUT2D eigenvalue weighted by Crippen LogP contribution is 2.63. The molecule has 1 N–H and O–H groups in total. The average molecular weight is 391 g/mol. The summed E-state index contributed by atoms with van der Waals surface area (Å²) in [7, 11) is 0. The number of rotatable bonds is 6. The summed E-state index contributed by atoms with van der Waals surface area (Å²) < 4.78 is 6.02. The van der Waals surface area contributed by atoms with Crippen molar-refractivity contribution in [2.45, 2.75) is 20.3 Å². The fraction of sp³-hybridized carbons (Fsp3) is 0.286. The van der Waals surface area contributed by atoms with Gasteiger partial charge < -0.3 is 9.84 Å². The molecule has 1 fully saturated rings. The quantitative estimate of drug-likeness (QED) is 0.650. The van der Waals surface area contributed by atoms with Crippen molar-refractivity contribution in [3.05, 3.63) is 70.2 Å². The van der Waals surface area contributed by atoms with E-state index < -0.39 is 11.9 Å². The van der Waals surface area contributed by atoms with Crippen molar-refractivity contribution in [1.29, 1.82) is 0 Å². The Bertz CT molecular complexity index is 839. The molecule has 1 saturated carbocycles. The maximum absolute atomic E-state index is 11.5. The van der Waals surface area contributed by atoms with E-state index in [-0.39, 0.29) is 15.8 Å². The number of allylic oxidation sites excluding steroid dienone is 1. The van der Waals surface area contributed by atoms with Crippen molar-refractivity contribution >= 4 is 29.2 Å². The number of benzene rings is 2. The minimum absolute atomic E-state index is 0.154. The van der Waals surface area contributed by atoms with E-state index in [1.165, 1.54) is 0 Å². The number of carboxylic acid groups (broad SMARTS) is 1. The predicted octanol–water partition coefficient (Wildman–Crippen LogP) is 6.07. The Morgan fingerprint density at radius 1 is 1.04 bits per heavy atom. The van der Waals surface area contributed by atoms with Crippen molar-refractivity contribution < 1.29 is 14.6 Å². The van der Waals surface area contributed by atoms with Gasteiger partial charge in [-0.3, -0.25) is 4.79 Å². The molecule has 2 aromatic rings. The molecule has 26 heavy (non-hydrogen) atoms. The fourth-order valence-electron chi connectivity index (χ4n) is 3.61. The maximum atomic E-state index is 11.5. The Morgan fingerprint density at radius 2 is 1.69 bits per heavy atom. The lowest BCUT2D eigenvalue weighted by molar-refractivity contribution is -0.139. The average Bonchev–Trinajstić information content (AvgIpc) is 3.16. The molecular weight excluding hydrogens is 371 g/mol. The van der Waals surface area contributed by atoms with E-state index in [1.54, 1.807) is 0 Å². The van der Waals surface area contributed by atoms with Crippen LogP contribution >= 0.6 is 23.2 Å². The first-order valence-electron chi connectivity index (χ1n) is 8.39. The van der Waals surface area contributed by atoms with Crippen LogP contribution in [0, 0.1) is 17.3 Å². The van der Waals surface area contributed by atoms with E-state index >= 15 is 0 Å². The Labute approximate surface area is 163 Å². The highest BCUT2D eigenvalue weighted by atomic mass is 35.5. The molecule has 5 heteroatoms. The summed E-state index contributed by atoms with van der Waals surface area (Å²) in [6, 6.07) is 17.2. The van der Waals surface area contributed by atoms with Crippen molar-refractivity contribution in [3.63, 3.8) is 0 Å². The van der Waals surface area contributed by atoms with E-state index in [2.05, 4.69) is 0 Å². The van der Waals surface area contributed by atoms with Crippen molar-refractivity contribution in [3.8, 4) is 11.5 Å². The zero-order chi connectivity index (χ0) is 18.9. The standard InChI is InChI=1S/C21H20Cl2O3/c1-21(2)17(18(21)20(24)25)16(19(22)23)12-13-7-6-10-15(11-13)26-14-8-4-3-5-9-14/h3-11,17-18H,12H2,1-2H3,(H,24,25). The number of hydrogen-bond donors (Lipinski definition) is 1. The Kier molecular flexibility index (Phi) is 5.31. The summed E-state index contributed by atoms with van der Waals surface area (Å²) in [4.78, 5) is 11.5. The summed E-state index contributed by atoms with van der Waals surface area (Å²) >= 11 is 12.2. The van der Waals surface area contributed by atoms with Gasteiger partial charge in [0.25, 0.3) is 0 Å². The fourth-order valence-corrected chi connectivity index (χ4v) is 3.98. The third kappa shape index (κ3) is 3.89. The molecular formula is C21H20Cl2O3. The van der Waals surface area contributed by atoms with Gasteiger partial charge in [-0.05, 0) is 47.2 Å². The largest absolute Gasteiger partial charge is 0.481 e. The SMILES string of the molecule is CC1(C)C(C(=O)O)C1C(Cc1cccc(Oc2ccccc2)c1)=C(Cl)Cl. The van der Waals surface area contributed by atoms with Crippen LogP contribution < -0.4 is 4.74 Å². The molecule has 0 aliphatic heterocycles. The van der Waals surface area contributed by atoms with Gasteiger partial charge >= 0.3 is 5.97 Å². The monoisotopic (exact) mass is 390 g/mol. The summed E-state index contributed by atoms with van der Waals surface area (Å²) in [5.41, 5.74) is 1.38. The highest BCUT2D eigenvalue weighted by molar-refractivity contribution is 6.56. The van der Waals surface area contributed by atoms with Crippen LogP contribution in [0.25, 0.3) is 0 Å². The number of halogens is 2. The van der Waals surface area contributed by atoms with Crippen molar-refractivity contribution in [1.82, 2.24) is 0 Å². The van der Waals surface area contributed by atoms with Gasteiger partial charge in [-0.1, -0.05) is 67.4 Å². The number of hydrogen-bond acceptors (Lipinski definition) is 2. The lowest BCUT2D eigenvalue weighted by Gasteiger charge is -2.12. The van der Waals surface area contributed by atoms with Crippen LogP contribution in [0.2, 0.25) is 0 Å².